The molecular formula is C11H14O2. The number of carboxylic acids is 1. The van der Waals surface area contributed by atoms with Gasteiger partial charge in [-0.1, -0.05) is 36.0 Å². The van der Waals surface area contributed by atoms with Gasteiger partial charge in [0.25, 0.3) is 0 Å². The Labute approximate surface area is 78.3 Å². The van der Waals surface area contributed by atoms with E-state index in [-0.39, 0.29) is 6.42 Å². The first-order valence-corrected chi connectivity index (χ1v) is 4.52. The molecule has 2 nitrogen and oxygen atoms in total. The molecule has 0 fully saturated rings. The zero-order valence-corrected chi connectivity index (χ0v) is 7.57. The van der Waals surface area contributed by atoms with E-state index < -0.39 is 5.97 Å². The molecule has 0 saturated carbocycles. The fourth-order valence-electron chi connectivity index (χ4n) is 1.27. The Morgan fingerprint density at radius 2 is 2.23 bits per heavy atom. The number of hydrogen-bond donors (Lipinski definition) is 1. The van der Waals surface area contributed by atoms with E-state index in [0.717, 1.165) is 19.3 Å². The monoisotopic (exact) mass is 178 g/mol. The van der Waals surface area contributed by atoms with Crippen LogP contribution in [-0.2, 0) is 4.79 Å². The molecule has 1 rings (SSSR count). The fraction of sp³-hybridized carbons (Fsp3) is 0.364. The van der Waals surface area contributed by atoms with Crippen LogP contribution in [0, 0.1) is 0 Å². The van der Waals surface area contributed by atoms with E-state index in [2.05, 4.69) is 12.2 Å². The van der Waals surface area contributed by atoms with Gasteiger partial charge in [-0.05, 0) is 19.3 Å². The van der Waals surface area contributed by atoms with Crippen LogP contribution < -0.4 is 0 Å². The highest BCUT2D eigenvalue weighted by molar-refractivity contribution is 5.66. The van der Waals surface area contributed by atoms with E-state index in [1.54, 1.807) is 0 Å². The van der Waals surface area contributed by atoms with Crippen LogP contribution in [0.1, 0.15) is 25.7 Å². The summed E-state index contributed by atoms with van der Waals surface area (Å²) in [5.74, 6) is -0.708. The Morgan fingerprint density at radius 1 is 1.38 bits per heavy atom. The Kier molecular flexibility index (Phi) is 4.03. The zero-order valence-electron chi connectivity index (χ0n) is 7.57. The second-order valence-electron chi connectivity index (χ2n) is 3.09. The normalized spacial score (nSPS) is 15.2. The minimum atomic E-state index is -0.708. The summed E-state index contributed by atoms with van der Waals surface area (Å²) in [6, 6.07) is 0. The van der Waals surface area contributed by atoms with Gasteiger partial charge in [0.1, 0.15) is 0 Å². The molecule has 1 aliphatic carbocycles. The van der Waals surface area contributed by atoms with Crippen molar-refractivity contribution in [2.24, 2.45) is 0 Å². The average molecular weight is 178 g/mol. The highest BCUT2D eigenvalue weighted by Crippen LogP contribution is 2.14. The zero-order chi connectivity index (χ0) is 9.52. The molecular weight excluding hydrogens is 164 g/mol. The predicted molar refractivity (Wildman–Crippen MR) is 52.5 cm³/mol. The van der Waals surface area contributed by atoms with Crippen LogP contribution in [0.4, 0.5) is 0 Å². The first-order valence-electron chi connectivity index (χ1n) is 4.52. The lowest BCUT2D eigenvalue weighted by Crippen LogP contribution is -1.94. The Hall–Kier alpha value is -1.31. The lowest BCUT2D eigenvalue weighted by Gasteiger charge is -2.00. The van der Waals surface area contributed by atoms with Gasteiger partial charge in [-0.25, -0.2) is 0 Å². The molecule has 0 heterocycles. The third-order valence-corrected chi connectivity index (χ3v) is 1.96. The summed E-state index contributed by atoms with van der Waals surface area (Å²) in [6.07, 6.45) is 13.0. The van der Waals surface area contributed by atoms with Crippen molar-refractivity contribution in [3.8, 4) is 0 Å². The van der Waals surface area contributed by atoms with Crippen molar-refractivity contribution in [2.45, 2.75) is 25.7 Å². The van der Waals surface area contributed by atoms with Gasteiger partial charge in [0.05, 0.1) is 0 Å². The number of allylic oxidation sites excluding steroid dienone is 6. The summed E-state index contributed by atoms with van der Waals surface area (Å²) in [5, 5.41) is 8.45. The summed E-state index contributed by atoms with van der Waals surface area (Å²) in [6.45, 7) is 0. The van der Waals surface area contributed by atoms with Gasteiger partial charge in [0.2, 0.25) is 0 Å². The van der Waals surface area contributed by atoms with Crippen molar-refractivity contribution in [3.63, 3.8) is 0 Å². The molecule has 0 bridgehead atoms. The molecule has 0 unspecified atom stereocenters. The van der Waals surface area contributed by atoms with Crippen molar-refractivity contribution in [1.82, 2.24) is 0 Å². The smallest absolute Gasteiger partial charge is 0.303 e. The maximum absolute atomic E-state index is 10.3. The molecule has 13 heavy (non-hydrogen) atoms. The van der Waals surface area contributed by atoms with Gasteiger partial charge in [-0.3, -0.25) is 4.79 Å². The second-order valence-corrected chi connectivity index (χ2v) is 3.09. The fourth-order valence-corrected chi connectivity index (χ4v) is 1.27. The molecule has 0 amide bonds. The van der Waals surface area contributed by atoms with E-state index >= 15 is 0 Å². The van der Waals surface area contributed by atoms with E-state index in [1.807, 2.05) is 18.2 Å². The largest absolute Gasteiger partial charge is 0.481 e. The highest BCUT2D eigenvalue weighted by Gasteiger charge is 1.99. The summed E-state index contributed by atoms with van der Waals surface area (Å²) in [7, 11) is 0. The first kappa shape index (κ1) is 9.78. The predicted octanol–water partition coefficient (Wildman–Crippen LogP) is 2.68. The molecule has 0 aliphatic heterocycles. The highest BCUT2D eigenvalue weighted by atomic mass is 16.4. The van der Waals surface area contributed by atoms with E-state index in [1.165, 1.54) is 5.57 Å². The van der Waals surface area contributed by atoms with Crippen LogP contribution >= 0.6 is 0 Å². The molecule has 1 N–H and O–H groups in total. The number of hydrogen-bond acceptors (Lipinski definition) is 1. The molecule has 70 valence electrons. The number of carboxylic acid groups (broad SMARTS) is 1. The van der Waals surface area contributed by atoms with Crippen molar-refractivity contribution < 1.29 is 9.90 Å². The average Bonchev–Trinajstić information content (AvgIpc) is 2.32. The van der Waals surface area contributed by atoms with Gasteiger partial charge < -0.3 is 5.11 Å². The van der Waals surface area contributed by atoms with Crippen LogP contribution in [0.2, 0.25) is 0 Å². The van der Waals surface area contributed by atoms with E-state index in [9.17, 15) is 4.79 Å². The van der Waals surface area contributed by atoms with Crippen LogP contribution in [0.15, 0.2) is 36.0 Å². The molecule has 0 atom stereocenters. The Bertz CT molecular complexity index is 259. The second kappa shape index (κ2) is 5.36. The molecule has 0 radical (unpaired) electrons. The summed E-state index contributed by atoms with van der Waals surface area (Å²) in [4.78, 5) is 10.3. The third-order valence-electron chi connectivity index (χ3n) is 1.96. The number of rotatable bonds is 4. The topological polar surface area (TPSA) is 37.3 Å². The third kappa shape index (κ3) is 4.31. The van der Waals surface area contributed by atoms with E-state index in [4.69, 9.17) is 5.11 Å². The van der Waals surface area contributed by atoms with Gasteiger partial charge in [0, 0.05) is 6.42 Å². The van der Waals surface area contributed by atoms with Crippen molar-refractivity contribution in [1.29, 1.82) is 0 Å². The lowest BCUT2D eigenvalue weighted by molar-refractivity contribution is -0.137. The minimum absolute atomic E-state index is 0.269. The summed E-state index contributed by atoms with van der Waals surface area (Å²) in [5.41, 5.74) is 1.31. The molecule has 1 aliphatic rings. The minimum Gasteiger partial charge on any atom is -0.481 e. The number of aliphatic carboxylic acids is 1. The van der Waals surface area contributed by atoms with E-state index in [0.29, 0.717) is 0 Å². The van der Waals surface area contributed by atoms with Gasteiger partial charge in [-0.2, -0.15) is 0 Å². The van der Waals surface area contributed by atoms with Crippen LogP contribution in [0.5, 0.6) is 0 Å². The Morgan fingerprint density at radius 3 is 3.00 bits per heavy atom. The number of carbonyl (C=O) groups is 1. The first-order chi connectivity index (χ1) is 6.29. The van der Waals surface area contributed by atoms with Crippen molar-refractivity contribution in [3.05, 3.63) is 36.0 Å². The van der Waals surface area contributed by atoms with Crippen LogP contribution in [-0.4, -0.2) is 11.1 Å². The molecule has 0 aromatic carbocycles. The molecule has 0 saturated heterocycles. The quantitative estimate of drug-likeness (QED) is 0.718. The SMILES string of the molecule is O=C(O)CCCC1=CC=CC=CC1. The standard InChI is InChI=1S/C11H14O2/c12-11(13)9-5-8-10-6-3-1-2-4-7-10/h1-4,6H,5,7-9H2,(H,12,13). The summed E-state index contributed by atoms with van der Waals surface area (Å²) >= 11 is 0. The molecule has 0 spiro atoms. The molecule has 2 heteroatoms. The van der Waals surface area contributed by atoms with Gasteiger partial charge in [-0.15, -0.1) is 0 Å². The van der Waals surface area contributed by atoms with Crippen LogP contribution in [0.25, 0.3) is 0 Å². The van der Waals surface area contributed by atoms with Gasteiger partial charge >= 0.3 is 5.97 Å². The molecule has 0 aromatic heterocycles. The van der Waals surface area contributed by atoms with Crippen LogP contribution in [0.3, 0.4) is 0 Å². The van der Waals surface area contributed by atoms with Crippen molar-refractivity contribution >= 4 is 5.97 Å². The summed E-state index contributed by atoms with van der Waals surface area (Å²) < 4.78 is 0. The van der Waals surface area contributed by atoms with Gasteiger partial charge in [0.15, 0.2) is 0 Å². The maximum Gasteiger partial charge on any atom is 0.303 e. The maximum atomic E-state index is 10.3. The lowest BCUT2D eigenvalue weighted by atomic mass is 10.1. The molecule has 0 aromatic rings. The Balaban J connectivity index is 2.28. The van der Waals surface area contributed by atoms with Crippen molar-refractivity contribution in [2.75, 3.05) is 0 Å².